The molecule has 2 atom stereocenters. The molecule has 2 aromatic rings. The Labute approximate surface area is 191 Å². The van der Waals surface area contributed by atoms with Gasteiger partial charge in [-0.05, 0) is 38.1 Å². The topological polar surface area (TPSA) is 71.3 Å². The fraction of sp³-hybridized carbons (Fsp3) is 0.652. The summed E-state index contributed by atoms with van der Waals surface area (Å²) in [5.41, 5.74) is 0.354. The predicted octanol–water partition coefficient (Wildman–Crippen LogP) is 3.79. The van der Waals surface area contributed by atoms with Gasteiger partial charge in [-0.15, -0.1) is 0 Å². The van der Waals surface area contributed by atoms with Gasteiger partial charge in [-0.1, -0.05) is 39.5 Å². The molecule has 0 saturated carbocycles. The van der Waals surface area contributed by atoms with Crippen molar-refractivity contribution in [1.82, 2.24) is 23.7 Å². The van der Waals surface area contributed by atoms with Crippen molar-refractivity contribution >= 4 is 10.0 Å². The average Bonchev–Trinajstić information content (AvgIpc) is 3.41. The molecule has 0 bridgehead atoms. The zero-order valence-electron chi connectivity index (χ0n) is 19.5. The van der Waals surface area contributed by atoms with Gasteiger partial charge < -0.3 is 4.57 Å². The van der Waals surface area contributed by atoms with Crippen LogP contribution >= 0.6 is 0 Å². The second-order valence-corrected chi connectivity index (χ2v) is 10.6. The van der Waals surface area contributed by atoms with Crippen molar-refractivity contribution in [3.05, 3.63) is 42.4 Å². The number of imidazole rings is 1. The molecule has 0 N–H and O–H groups in total. The average molecular weight is 466 g/mol. The summed E-state index contributed by atoms with van der Waals surface area (Å²) in [5, 5.41) is 0.0319. The minimum atomic E-state index is -3.76. The molecule has 0 radical (unpaired) electrons. The van der Waals surface area contributed by atoms with E-state index in [4.69, 9.17) is 0 Å². The number of unbranched alkanes of at least 4 members (excludes halogenated alkanes) is 4. The molecular formula is C23H36FN5O2S. The molecule has 9 heteroatoms. The maximum Gasteiger partial charge on any atom is 0.262 e. The predicted molar refractivity (Wildman–Crippen MR) is 123 cm³/mol. The summed E-state index contributed by atoms with van der Waals surface area (Å²) in [6, 6.07) is 2.87. The van der Waals surface area contributed by atoms with Crippen LogP contribution in [0.1, 0.15) is 64.0 Å². The van der Waals surface area contributed by atoms with Gasteiger partial charge in [-0.25, -0.2) is 17.8 Å². The van der Waals surface area contributed by atoms with E-state index in [1.165, 1.54) is 22.9 Å². The van der Waals surface area contributed by atoms with E-state index in [0.29, 0.717) is 12.2 Å². The van der Waals surface area contributed by atoms with Crippen LogP contribution in [0.15, 0.2) is 35.9 Å². The molecule has 1 aliphatic heterocycles. The molecule has 0 aliphatic carbocycles. The zero-order chi connectivity index (χ0) is 23.1. The van der Waals surface area contributed by atoms with Crippen LogP contribution < -0.4 is 0 Å². The Hall–Kier alpha value is -1.84. The quantitative estimate of drug-likeness (QED) is 0.446. The van der Waals surface area contributed by atoms with Crippen molar-refractivity contribution in [2.45, 2.75) is 69.4 Å². The normalized spacial score (nSPS) is 19.8. The van der Waals surface area contributed by atoms with Gasteiger partial charge in [0, 0.05) is 44.5 Å². The van der Waals surface area contributed by atoms with Crippen molar-refractivity contribution in [2.24, 2.45) is 7.05 Å². The summed E-state index contributed by atoms with van der Waals surface area (Å²) in [6.45, 7) is 6.62. The van der Waals surface area contributed by atoms with E-state index in [-0.39, 0.29) is 29.3 Å². The highest BCUT2D eigenvalue weighted by Crippen LogP contribution is 2.34. The third-order valence-corrected chi connectivity index (χ3v) is 7.96. The molecule has 0 spiro atoms. The summed E-state index contributed by atoms with van der Waals surface area (Å²) in [7, 11) is -2.02. The summed E-state index contributed by atoms with van der Waals surface area (Å²) in [4.78, 5) is 10.8. The highest BCUT2D eigenvalue weighted by Gasteiger charge is 2.44. The van der Waals surface area contributed by atoms with E-state index in [2.05, 4.69) is 28.7 Å². The van der Waals surface area contributed by atoms with Crippen molar-refractivity contribution < 1.29 is 12.8 Å². The lowest BCUT2D eigenvalue weighted by molar-refractivity contribution is 0.181. The van der Waals surface area contributed by atoms with Gasteiger partial charge in [0.15, 0.2) is 5.03 Å². The molecule has 1 saturated heterocycles. The molecule has 2 aromatic heterocycles. The lowest BCUT2D eigenvalue weighted by Gasteiger charge is -2.32. The minimum absolute atomic E-state index is 0.0319. The highest BCUT2D eigenvalue weighted by molar-refractivity contribution is 7.89. The van der Waals surface area contributed by atoms with E-state index in [1.807, 2.05) is 0 Å². The smallest absolute Gasteiger partial charge is 0.262 e. The van der Waals surface area contributed by atoms with Crippen LogP contribution in [0.3, 0.4) is 0 Å². The Kier molecular flexibility index (Phi) is 8.79. The van der Waals surface area contributed by atoms with Gasteiger partial charge in [-0.2, -0.15) is 4.31 Å². The van der Waals surface area contributed by atoms with Gasteiger partial charge in [0.1, 0.15) is 5.82 Å². The number of sulfonamides is 1. The van der Waals surface area contributed by atoms with Crippen molar-refractivity contribution in [3.63, 3.8) is 0 Å². The maximum absolute atomic E-state index is 14.8. The van der Waals surface area contributed by atoms with E-state index in [1.54, 1.807) is 23.9 Å². The van der Waals surface area contributed by atoms with E-state index < -0.39 is 10.0 Å². The number of hydrogen-bond acceptors (Lipinski definition) is 5. The van der Waals surface area contributed by atoms with Gasteiger partial charge in [0.05, 0.1) is 12.0 Å². The Morgan fingerprint density at radius 3 is 2.34 bits per heavy atom. The van der Waals surface area contributed by atoms with Crippen LogP contribution in [0.5, 0.6) is 0 Å². The van der Waals surface area contributed by atoms with Crippen LogP contribution in [-0.4, -0.2) is 64.4 Å². The van der Waals surface area contributed by atoms with Crippen molar-refractivity contribution in [1.29, 1.82) is 0 Å². The number of nitrogens with zero attached hydrogens (tertiary/aromatic N) is 5. The summed E-state index contributed by atoms with van der Waals surface area (Å²) < 4.78 is 44.5. The lowest BCUT2D eigenvalue weighted by Crippen LogP contribution is -2.42. The largest absolute Gasteiger partial charge is 0.339 e. The number of aromatic nitrogens is 3. The Bertz CT molecular complexity index is 955. The molecule has 32 heavy (non-hydrogen) atoms. The maximum atomic E-state index is 14.8. The molecule has 178 valence electrons. The summed E-state index contributed by atoms with van der Waals surface area (Å²) in [5.74, 6) is -0.695. The first kappa shape index (κ1) is 24.8. The Morgan fingerprint density at radius 2 is 1.78 bits per heavy atom. The number of pyridine rings is 1. The second-order valence-electron chi connectivity index (χ2n) is 8.69. The zero-order valence-corrected chi connectivity index (χ0v) is 20.3. The Balaban J connectivity index is 1.92. The molecule has 7 nitrogen and oxygen atoms in total. The Morgan fingerprint density at radius 1 is 1.09 bits per heavy atom. The minimum Gasteiger partial charge on any atom is -0.339 e. The molecule has 0 amide bonds. The third kappa shape index (κ3) is 5.74. The van der Waals surface area contributed by atoms with Crippen LogP contribution in [0.4, 0.5) is 4.39 Å². The van der Waals surface area contributed by atoms with Gasteiger partial charge >= 0.3 is 0 Å². The van der Waals surface area contributed by atoms with Crippen molar-refractivity contribution in [2.75, 3.05) is 26.2 Å². The first-order valence-electron chi connectivity index (χ1n) is 11.7. The van der Waals surface area contributed by atoms with Crippen LogP contribution in [0, 0.1) is 5.82 Å². The van der Waals surface area contributed by atoms with Gasteiger partial charge in [0.25, 0.3) is 10.0 Å². The first-order valence-corrected chi connectivity index (χ1v) is 13.1. The molecular weight excluding hydrogens is 429 g/mol. The van der Waals surface area contributed by atoms with E-state index in [0.717, 1.165) is 51.6 Å². The highest BCUT2D eigenvalue weighted by atomic mass is 32.2. The molecule has 0 aromatic carbocycles. The standard InChI is InChI=1S/C23H36FN5O2S/c1-4-6-8-13-28(14-9-7-5-2)21-16-29(32(30,31)22-17-27(3)18-26-22)15-19(21)23-20(24)11-10-12-25-23/h10-12,17-19,21H,4-9,13-16H2,1-3H3/t19-,21-/m1/s1. The molecule has 0 unspecified atom stereocenters. The fourth-order valence-electron chi connectivity index (χ4n) is 4.48. The molecule has 3 heterocycles. The lowest BCUT2D eigenvalue weighted by atomic mass is 9.96. The van der Waals surface area contributed by atoms with Gasteiger partial charge in [-0.3, -0.25) is 9.88 Å². The van der Waals surface area contributed by atoms with Gasteiger partial charge in [0.2, 0.25) is 0 Å². The van der Waals surface area contributed by atoms with E-state index in [9.17, 15) is 12.8 Å². The summed E-state index contributed by atoms with van der Waals surface area (Å²) in [6.07, 6.45) is 11.2. The van der Waals surface area contributed by atoms with E-state index >= 15 is 0 Å². The van der Waals surface area contributed by atoms with Crippen LogP contribution in [0.25, 0.3) is 0 Å². The van der Waals surface area contributed by atoms with Crippen LogP contribution in [0.2, 0.25) is 0 Å². The monoisotopic (exact) mass is 465 g/mol. The molecule has 1 aliphatic rings. The van der Waals surface area contributed by atoms with Crippen LogP contribution in [-0.2, 0) is 17.1 Å². The number of hydrogen-bond donors (Lipinski definition) is 0. The first-order chi connectivity index (χ1) is 15.4. The SMILES string of the molecule is CCCCCN(CCCCC)[C@@H]1CN(S(=O)(=O)c2cn(C)cn2)C[C@H]1c1ncccc1F. The number of halogens is 1. The summed E-state index contributed by atoms with van der Waals surface area (Å²) >= 11 is 0. The fourth-order valence-corrected chi connectivity index (χ4v) is 5.93. The number of aryl methyl sites for hydroxylation is 1. The number of rotatable bonds is 12. The van der Waals surface area contributed by atoms with Crippen molar-refractivity contribution in [3.8, 4) is 0 Å². The molecule has 1 fully saturated rings. The third-order valence-electron chi connectivity index (χ3n) is 6.25. The second kappa shape index (κ2) is 11.3. The molecule has 3 rings (SSSR count).